The Balaban J connectivity index is 0.927. The van der Waals surface area contributed by atoms with Gasteiger partial charge >= 0.3 is 0 Å². The Hall–Kier alpha value is -2.36. The first-order valence-corrected chi connectivity index (χ1v) is 29.2. The van der Waals surface area contributed by atoms with Crippen molar-refractivity contribution in [3.05, 3.63) is 59.7 Å². The van der Waals surface area contributed by atoms with E-state index < -0.39 is 0 Å². The van der Waals surface area contributed by atoms with Gasteiger partial charge in [0, 0.05) is 87.9 Å². The van der Waals surface area contributed by atoms with Gasteiger partial charge in [-0.1, -0.05) is 75.6 Å². The lowest BCUT2D eigenvalue weighted by Crippen LogP contribution is -2.47. The molecule has 0 amide bonds. The average molecular weight is 999 g/mol. The number of rotatable bonds is 14. The van der Waals surface area contributed by atoms with Crippen LogP contribution in [0.5, 0.6) is 0 Å². The van der Waals surface area contributed by atoms with E-state index in [4.69, 9.17) is 28.4 Å². The maximum atomic E-state index is 7.24. The topological polar surface area (TPSA) is 74.8 Å². The predicted octanol–water partition coefficient (Wildman–Crippen LogP) is 8.14. The summed E-state index contributed by atoms with van der Waals surface area (Å²) in [6.45, 7) is 18.2. The summed E-state index contributed by atoms with van der Waals surface area (Å²) in [6.07, 6.45) is 17.7. The van der Waals surface area contributed by atoms with E-state index in [9.17, 15) is 0 Å². The summed E-state index contributed by atoms with van der Waals surface area (Å²) in [5.41, 5.74) is 5.28. The molecule has 8 atom stereocenters. The van der Waals surface area contributed by atoms with E-state index in [1.165, 1.54) is 99.6 Å². The van der Waals surface area contributed by atoms with Crippen molar-refractivity contribution in [1.29, 1.82) is 0 Å². The van der Waals surface area contributed by atoms with Crippen molar-refractivity contribution in [3.63, 3.8) is 0 Å². The highest BCUT2D eigenvalue weighted by Gasteiger charge is 2.35. The number of morpholine rings is 2. The number of ether oxygens (including phenoxy) is 6. The monoisotopic (exact) mass is 999 g/mol. The van der Waals surface area contributed by atoms with Gasteiger partial charge in [-0.05, 0) is 140 Å². The van der Waals surface area contributed by atoms with Gasteiger partial charge in [-0.15, -0.1) is 0 Å². The third-order valence-corrected chi connectivity index (χ3v) is 17.5. The molecule has 0 bridgehead atoms. The largest absolute Gasteiger partial charge is 0.378 e. The van der Waals surface area contributed by atoms with Crippen molar-refractivity contribution in [2.75, 3.05) is 143 Å². The lowest BCUT2D eigenvalue weighted by Gasteiger charge is -2.37. The Labute approximate surface area is 436 Å². The molecule has 0 unspecified atom stereocenters. The summed E-state index contributed by atoms with van der Waals surface area (Å²) in [5, 5.41) is 0. The molecular weight excluding hydrogens is 901 g/mol. The fourth-order valence-corrected chi connectivity index (χ4v) is 11.9. The van der Waals surface area contributed by atoms with Crippen LogP contribution in [-0.4, -0.2) is 202 Å². The highest BCUT2D eigenvalue weighted by Crippen LogP contribution is 2.38. The second kappa shape index (κ2) is 27.1. The van der Waals surface area contributed by atoms with Crippen LogP contribution >= 0.6 is 0 Å². The molecule has 4 aliphatic carbocycles. The molecule has 12 nitrogen and oxygen atoms in total. The number of hydrogen-bond donors (Lipinski definition) is 0. The predicted molar refractivity (Wildman–Crippen MR) is 292 cm³/mol. The lowest BCUT2D eigenvalue weighted by molar-refractivity contribution is -0.0520. The van der Waals surface area contributed by atoms with E-state index in [2.05, 4.69) is 120 Å². The highest BCUT2D eigenvalue weighted by molar-refractivity contribution is 5.49. The summed E-state index contributed by atoms with van der Waals surface area (Å²) in [4.78, 5) is 15.3. The SMILES string of the molecule is C[C@@H]1CN(C)[C@@H](CC2CC2)CO[C@H](Cc2ccc(N3CCOCC3)cc2)CN(C)[C@@H](CC2CC2)CO[C@H](C)CN(C)[C@@H](CC2CC2)CO[C@H](Cc2ccc(N3CCOCC3)cc2)CN(C)[C@@H](CC2CC2)CO1. The van der Waals surface area contributed by atoms with Crippen LogP contribution in [0.2, 0.25) is 0 Å². The molecule has 3 aliphatic heterocycles. The van der Waals surface area contributed by atoms with Crippen LogP contribution in [0.4, 0.5) is 11.4 Å². The maximum Gasteiger partial charge on any atom is 0.0743 e. The van der Waals surface area contributed by atoms with Crippen molar-refractivity contribution in [3.8, 4) is 0 Å². The second-order valence-electron chi connectivity index (χ2n) is 24.2. The quantitative estimate of drug-likeness (QED) is 0.184. The molecule has 0 radical (unpaired) electrons. The Morgan fingerprint density at radius 3 is 0.986 bits per heavy atom. The normalized spacial score (nSPS) is 32.1. The molecule has 0 N–H and O–H groups in total. The molecular formula is C60H98N6O6. The standard InChI is InChI=1S/C60H98N6O6/c1-45-37-61(3)57(33-49-11-12-49)43-71-60(36-52-17-21-54(22-18-52)66-25-29-68-30-26-66)40-64(6)56(32-48-9-10-48)42-70-46(2)38-62(4)58(34-50-13-14-50)44-72-59(39-63(5)55(41-69-45)31-47-7-8-47)35-51-15-19-53(20-16-51)65-23-27-67-28-24-65/h15-22,45-50,55-60H,7-14,23-44H2,1-6H3/t45-,46-,55+,56+,57+,58+,59-,60-/m1/s1. The fourth-order valence-electron chi connectivity index (χ4n) is 11.9. The number of likely N-dealkylation sites (N-methyl/N-ethyl adjacent to an activating group) is 4. The summed E-state index contributed by atoms with van der Waals surface area (Å²) in [7, 11) is 9.34. The minimum Gasteiger partial charge on any atom is -0.378 e. The molecule has 9 rings (SSSR count). The van der Waals surface area contributed by atoms with Crippen LogP contribution in [0.3, 0.4) is 0 Å². The van der Waals surface area contributed by atoms with E-state index in [1.54, 1.807) is 0 Å². The smallest absolute Gasteiger partial charge is 0.0743 e. The first kappa shape index (κ1) is 54.4. The first-order chi connectivity index (χ1) is 35.1. The van der Waals surface area contributed by atoms with Crippen molar-refractivity contribution in [1.82, 2.24) is 19.6 Å². The number of benzene rings is 2. The van der Waals surface area contributed by atoms with Crippen molar-refractivity contribution < 1.29 is 28.4 Å². The number of anilines is 2. The molecule has 72 heavy (non-hydrogen) atoms. The van der Waals surface area contributed by atoms with Crippen molar-refractivity contribution in [2.45, 2.75) is 152 Å². The second-order valence-corrected chi connectivity index (χ2v) is 24.2. The van der Waals surface area contributed by atoms with Crippen LogP contribution in [-0.2, 0) is 41.3 Å². The Morgan fingerprint density at radius 1 is 0.389 bits per heavy atom. The van der Waals surface area contributed by atoms with Gasteiger partial charge in [0.15, 0.2) is 0 Å². The van der Waals surface area contributed by atoms with Crippen LogP contribution in [0.25, 0.3) is 0 Å². The minimum absolute atomic E-state index is 0.0731. The number of hydrogen-bond acceptors (Lipinski definition) is 12. The first-order valence-electron chi connectivity index (χ1n) is 29.2. The van der Waals surface area contributed by atoms with E-state index in [1.807, 2.05) is 0 Å². The van der Waals surface area contributed by atoms with E-state index >= 15 is 0 Å². The third-order valence-electron chi connectivity index (χ3n) is 17.5. The van der Waals surface area contributed by atoms with E-state index in [0.717, 1.165) is 142 Å². The van der Waals surface area contributed by atoms with Gasteiger partial charge in [0.1, 0.15) is 0 Å². The zero-order valence-electron chi connectivity index (χ0n) is 45.9. The lowest BCUT2D eigenvalue weighted by atomic mass is 10.0. The maximum absolute atomic E-state index is 7.24. The summed E-state index contributed by atoms with van der Waals surface area (Å²) >= 11 is 0. The van der Waals surface area contributed by atoms with Gasteiger partial charge < -0.3 is 38.2 Å². The molecule has 3 saturated heterocycles. The van der Waals surface area contributed by atoms with E-state index in [-0.39, 0.29) is 24.4 Å². The van der Waals surface area contributed by atoms with Gasteiger partial charge in [-0.2, -0.15) is 0 Å². The zero-order chi connectivity index (χ0) is 49.8. The van der Waals surface area contributed by atoms with Gasteiger partial charge in [0.25, 0.3) is 0 Å². The van der Waals surface area contributed by atoms with Crippen LogP contribution in [0.15, 0.2) is 48.5 Å². The zero-order valence-corrected chi connectivity index (χ0v) is 45.9. The summed E-state index contributed by atoms with van der Waals surface area (Å²) < 4.78 is 39.7. The van der Waals surface area contributed by atoms with Gasteiger partial charge in [-0.3, -0.25) is 19.6 Å². The summed E-state index contributed by atoms with van der Waals surface area (Å²) in [6, 6.07) is 20.0. The third kappa shape index (κ3) is 17.9. The molecule has 3 heterocycles. The average Bonchev–Trinajstić information content (AvgIpc) is 4.15. The van der Waals surface area contributed by atoms with Gasteiger partial charge in [0.2, 0.25) is 0 Å². The Bertz CT molecular complexity index is 1690. The highest BCUT2D eigenvalue weighted by atomic mass is 16.5. The van der Waals surface area contributed by atoms with Crippen LogP contribution in [0, 0.1) is 23.7 Å². The summed E-state index contributed by atoms with van der Waals surface area (Å²) in [5.74, 6) is 3.21. The molecule has 2 aromatic carbocycles. The van der Waals surface area contributed by atoms with Gasteiger partial charge in [0.05, 0.1) is 77.3 Å². The van der Waals surface area contributed by atoms with E-state index in [0.29, 0.717) is 24.2 Å². The Morgan fingerprint density at radius 2 is 0.681 bits per heavy atom. The molecule has 2 aromatic rings. The van der Waals surface area contributed by atoms with Crippen LogP contribution in [0.1, 0.15) is 102 Å². The molecule has 12 heteroatoms. The molecule has 4 saturated carbocycles. The van der Waals surface area contributed by atoms with Crippen LogP contribution < -0.4 is 9.80 Å². The molecule has 404 valence electrons. The van der Waals surface area contributed by atoms with Gasteiger partial charge in [-0.25, -0.2) is 0 Å². The molecule has 7 aliphatic rings. The minimum atomic E-state index is 0.0731. The fraction of sp³-hybridized carbons (Fsp3) is 0.800. The molecule has 0 spiro atoms. The molecule has 7 fully saturated rings. The Kier molecular flexibility index (Phi) is 20.5. The van der Waals surface area contributed by atoms with Crippen molar-refractivity contribution >= 4 is 11.4 Å². The van der Waals surface area contributed by atoms with Crippen molar-refractivity contribution in [2.24, 2.45) is 23.7 Å². The molecule has 0 aromatic heterocycles. The number of nitrogens with zero attached hydrogens (tertiary/aromatic N) is 6.